The van der Waals surface area contributed by atoms with Crippen molar-refractivity contribution in [1.82, 2.24) is 0 Å². The fourth-order valence-electron chi connectivity index (χ4n) is 6.59. The number of rotatable bonds is 2. The van der Waals surface area contributed by atoms with Crippen molar-refractivity contribution < 1.29 is 0 Å². The first-order valence-electron chi connectivity index (χ1n) is 15.9. The van der Waals surface area contributed by atoms with E-state index in [2.05, 4.69) is 121 Å². The second-order valence-electron chi connectivity index (χ2n) is 12.3. The molecule has 0 aliphatic heterocycles. The van der Waals surface area contributed by atoms with Gasteiger partial charge in [0.05, 0.1) is 0 Å². The maximum absolute atomic E-state index is 2.45. The van der Waals surface area contributed by atoms with E-state index in [0.717, 1.165) is 64.2 Å². The minimum atomic E-state index is 1.06. The highest BCUT2D eigenvalue weighted by Crippen LogP contribution is 2.24. The number of benzene rings is 5. The Labute approximate surface area is 251 Å². The summed E-state index contributed by atoms with van der Waals surface area (Å²) >= 11 is 0. The van der Waals surface area contributed by atoms with Gasteiger partial charge in [0.15, 0.2) is 0 Å². The highest BCUT2D eigenvalue weighted by Gasteiger charge is 2.09. The summed E-state index contributed by atoms with van der Waals surface area (Å²) in [6.07, 6.45) is 15.6. The molecule has 0 atom stereocenters. The van der Waals surface area contributed by atoms with Crippen molar-refractivity contribution in [2.75, 3.05) is 0 Å². The largest absolute Gasteiger partial charge is 0.0588 e. The van der Waals surface area contributed by atoms with Crippen LogP contribution in [-0.2, 0) is 64.2 Å². The molecule has 0 aromatic heterocycles. The molecule has 0 saturated heterocycles. The summed E-state index contributed by atoms with van der Waals surface area (Å²) < 4.78 is 0. The molecule has 0 nitrogen and oxygen atoms in total. The SMILES string of the molecule is C(=C\c1cc2ccc1CCc1ccc(cc1)CC2)/c1cc2ccc1CCc1ccc(cc1)CCc1ccc(cc1)CC2. The van der Waals surface area contributed by atoms with E-state index in [0.29, 0.717) is 0 Å². The summed E-state index contributed by atoms with van der Waals surface area (Å²) in [7, 11) is 0. The summed E-state index contributed by atoms with van der Waals surface area (Å²) in [5, 5.41) is 0. The van der Waals surface area contributed by atoms with Crippen LogP contribution < -0.4 is 0 Å². The molecule has 0 amide bonds. The Bertz CT molecular complexity index is 1680. The standard InChI is InChI=1S/C42H40/c1-2-32-7-11-35(12-8-32)19-23-39-25-21-37(17-15-33-5-3-31(1)4-6-33)29-41(39)27-28-42-30-38-18-16-34-9-13-36(14-10-34)20-24-40(42)26-22-38/h3-14,21-22,25-30H,1-2,15-20,23-24H2/b28-27+. The number of hydrogen-bond donors (Lipinski definition) is 0. The lowest BCUT2D eigenvalue weighted by molar-refractivity contribution is 0.919. The molecule has 5 aromatic rings. The zero-order chi connectivity index (χ0) is 28.1. The van der Waals surface area contributed by atoms with Crippen LogP contribution in [0.3, 0.4) is 0 Å². The molecule has 0 fully saturated rings. The smallest absolute Gasteiger partial charge is 0.0221 e. The highest BCUT2D eigenvalue weighted by atomic mass is 14.1. The first-order valence-corrected chi connectivity index (χ1v) is 15.9. The van der Waals surface area contributed by atoms with Gasteiger partial charge in [0.1, 0.15) is 0 Å². The van der Waals surface area contributed by atoms with Gasteiger partial charge in [0, 0.05) is 0 Å². The van der Waals surface area contributed by atoms with Crippen molar-refractivity contribution >= 4 is 12.2 Å². The topological polar surface area (TPSA) is 0 Å². The van der Waals surface area contributed by atoms with E-state index in [1.807, 2.05) is 0 Å². The van der Waals surface area contributed by atoms with E-state index in [-0.39, 0.29) is 0 Å². The van der Waals surface area contributed by atoms with E-state index in [9.17, 15) is 0 Å². The molecule has 0 heterocycles. The molecule has 0 heteroatoms. The van der Waals surface area contributed by atoms with Crippen LogP contribution in [-0.4, -0.2) is 0 Å². The molecule has 0 saturated carbocycles. The van der Waals surface area contributed by atoms with Gasteiger partial charge in [-0.3, -0.25) is 0 Å². The zero-order valence-electron chi connectivity index (χ0n) is 24.6. The maximum Gasteiger partial charge on any atom is -0.0221 e. The van der Waals surface area contributed by atoms with Gasteiger partial charge >= 0.3 is 0 Å². The van der Waals surface area contributed by atoms with Gasteiger partial charge in [-0.2, -0.15) is 0 Å². The lowest BCUT2D eigenvalue weighted by atomic mass is 9.91. The third-order valence-corrected chi connectivity index (χ3v) is 9.41. The van der Waals surface area contributed by atoms with Gasteiger partial charge in [-0.15, -0.1) is 0 Å². The summed E-state index contributed by atoms with van der Waals surface area (Å²) in [6, 6.07) is 42.3. The minimum absolute atomic E-state index is 1.06. The average Bonchev–Trinajstić information content (AvgIpc) is 3.03. The Balaban J connectivity index is 1.20. The second-order valence-corrected chi connectivity index (χ2v) is 12.3. The Morgan fingerprint density at radius 2 is 0.500 bits per heavy atom. The predicted molar refractivity (Wildman–Crippen MR) is 178 cm³/mol. The van der Waals surface area contributed by atoms with Crippen molar-refractivity contribution in [3.63, 3.8) is 0 Å². The third-order valence-electron chi connectivity index (χ3n) is 9.41. The molecule has 42 heavy (non-hydrogen) atoms. The van der Waals surface area contributed by atoms with E-state index in [4.69, 9.17) is 0 Å². The molecule has 0 unspecified atom stereocenters. The summed E-state index contributed by atoms with van der Waals surface area (Å²) in [5.41, 5.74) is 17.1. The maximum atomic E-state index is 2.45. The van der Waals surface area contributed by atoms with Crippen LogP contribution in [0.25, 0.3) is 12.2 Å². The van der Waals surface area contributed by atoms with Gasteiger partial charge in [0.25, 0.3) is 0 Å². The molecule has 0 spiro atoms. The van der Waals surface area contributed by atoms with E-state index >= 15 is 0 Å². The van der Waals surface area contributed by atoms with Crippen molar-refractivity contribution in [3.8, 4) is 0 Å². The van der Waals surface area contributed by atoms with E-state index in [1.165, 1.54) is 66.8 Å². The van der Waals surface area contributed by atoms with Crippen molar-refractivity contribution in [2.24, 2.45) is 0 Å². The Morgan fingerprint density at radius 3 is 0.810 bits per heavy atom. The van der Waals surface area contributed by atoms with E-state index < -0.39 is 0 Å². The Morgan fingerprint density at radius 1 is 0.262 bits per heavy atom. The van der Waals surface area contributed by atoms with Crippen molar-refractivity contribution in [1.29, 1.82) is 0 Å². The lowest BCUT2D eigenvalue weighted by Crippen LogP contribution is -2.00. The van der Waals surface area contributed by atoms with Gasteiger partial charge in [-0.25, -0.2) is 0 Å². The van der Waals surface area contributed by atoms with Crippen LogP contribution in [0.5, 0.6) is 0 Å². The quantitative estimate of drug-likeness (QED) is 0.194. The van der Waals surface area contributed by atoms with Gasteiger partial charge in [-0.05, 0) is 131 Å². The predicted octanol–water partition coefficient (Wildman–Crippen LogP) is 9.41. The van der Waals surface area contributed by atoms with Crippen LogP contribution in [0.4, 0.5) is 0 Å². The zero-order valence-corrected chi connectivity index (χ0v) is 24.6. The molecule has 15 rings (SSSR count). The Hall–Kier alpha value is -4.16. The molecule has 0 N–H and O–H groups in total. The third kappa shape index (κ3) is 6.50. The monoisotopic (exact) mass is 544 g/mol. The highest BCUT2D eigenvalue weighted by molar-refractivity contribution is 5.73. The van der Waals surface area contributed by atoms with Crippen LogP contribution >= 0.6 is 0 Å². The second kappa shape index (κ2) is 12.4. The Kier molecular flexibility index (Phi) is 7.87. The molecule has 0 radical (unpaired) electrons. The summed E-state index contributed by atoms with van der Waals surface area (Å²) in [5.74, 6) is 0. The van der Waals surface area contributed by atoms with Crippen LogP contribution in [0.2, 0.25) is 0 Å². The molecule has 5 aromatic carbocycles. The normalized spacial score (nSPS) is 15.0. The average molecular weight is 545 g/mol. The fraction of sp³-hybridized carbons (Fsp3) is 0.238. The van der Waals surface area contributed by atoms with Crippen LogP contribution in [0, 0.1) is 0 Å². The first kappa shape index (κ1) is 26.7. The van der Waals surface area contributed by atoms with E-state index in [1.54, 1.807) is 0 Å². The number of aryl methyl sites for hydroxylation is 10. The summed E-state index contributed by atoms with van der Waals surface area (Å²) in [4.78, 5) is 0. The molecule has 10 bridgehead atoms. The van der Waals surface area contributed by atoms with Crippen LogP contribution in [0.15, 0.2) is 109 Å². The van der Waals surface area contributed by atoms with Crippen molar-refractivity contribution in [3.05, 3.63) is 176 Å². The van der Waals surface area contributed by atoms with Crippen LogP contribution in [0.1, 0.15) is 66.8 Å². The molecule has 208 valence electrons. The first-order chi connectivity index (χ1) is 20.7. The molecule has 10 aliphatic rings. The fourth-order valence-corrected chi connectivity index (χ4v) is 6.59. The summed E-state index contributed by atoms with van der Waals surface area (Å²) in [6.45, 7) is 0. The molecular weight excluding hydrogens is 504 g/mol. The van der Waals surface area contributed by atoms with Gasteiger partial charge < -0.3 is 0 Å². The minimum Gasteiger partial charge on any atom is -0.0588 e. The van der Waals surface area contributed by atoms with Crippen molar-refractivity contribution in [2.45, 2.75) is 64.2 Å². The molecule has 10 aliphatic carbocycles. The van der Waals surface area contributed by atoms with Gasteiger partial charge in [-0.1, -0.05) is 121 Å². The number of hydrogen-bond acceptors (Lipinski definition) is 0. The lowest BCUT2D eigenvalue weighted by Gasteiger charge is -2.14. The molecular formula is C42H40. The van der Waals surface area contributed by atoms with Gasteiger partial charge in [0.2, 0.25) is 0 Å².